The summed E-state index contributed by atoms with van der Waals surface area (Å²) in [4.78, 5) is 23.0. The largest absolute Gasteiger partial charge is 0.476 e. The molecule has 0 aromatic carbocycles. The molecule has 0 unspecified atom stereocenters. The van der Waals surface area contributed by atoms with E-state index in [1.165, 1.54) is 6.20 Å². The summed E-state index contributed by atoms with van der Waals surface area (Å²) < 4.78 is 1.75. The Morgan fingerprint density at radius 2 is 2.19 bits per heavy atom. The van der Waals surface area contributed by atoms with E-state index in [2.05, 4.69) is 15.0 Å². The van der Waals surface area contributed by atoms with Gasteiger partial charge in [-0.05, 0) is 6.92 Å². The Bertz CT molecular complexity index is 548. The van der Waals surface area contributed by atoms with Gasteiger partial charge in [-0.15, -0.1) is 0 Å². The first-order chi connectivity index (χ1) is 7.59. The van der Waals surface area contributed by atoms with Crippen LogP contribution in [0.2, 0.25) is 0 Å². The number of rotatable bonds is 2. The molecule has 0 atom stereocenters. The third-order valence-electron chi connectivity index (χ3n) is 2.21. The van der Waals surface area contributed by atoms with Crippen molar-refractivity contribution in [1.29, 1.82) is 0 Å². The number of carboxylic acid groups (broad SMARTS) is 1. The van der Waals surface area contributed by atoms with Crippen LogP contribution in [0.25, 0.3) is 11.5 Å². The van der Waals surface area contributed by atoms with E-state index in [1.807, 2.05) is 7.05 Å². The van der Waals surface area contributed by atoms with Crippen molar-refractivity contribution in [3.05, 3.63) is 30.0 Å². The van der Waals surface area contributed by atoms with E-state index in [-0.39, 0.29) is 5.69 Å². The molecule has 2 rings (SSSR count). The van der Waals surface area contributed by atoms with Crippen LogP contribution >= 0.6 is 0 Å². The summed E-state index contributed by atoms with van der Waals surface area (Å²) in [5.74, 6) is -0.490. The summed E-state index contributed by atoms with van der Waals surface area (Å²) in [5.41, 5.74) is 0.807. The maximum Gasteiger partial charge on any atom is 0.356 e. The van der Waals surface area contributed by atoms with Gasteiger partial charge >= 0.3 is 5.97 Å². The minimum absolute atomic E-state index is 0.0412. The van der Waals surface area contributed by atoms with Crippen LogP contribution in [0.15, 0.2) is 18.6 Å². The second-order valence-corrected chi connectivity index (χ2v) is 3.36. The number of aryl methyl sites for hydroxylation is 2. The lowest BCUT2D eigenvalue weighted by Crippen LogP contribution is -2.07. The predicted molar refractivity (Wildman–Crippen MR) is 55.9 cm³/mol. The van der Waals surface area contributed by atoms with Crippen LogP contribution in [0, 0.1) is 6.92 Å². The van der Waals surface area contributed by atoms with Crippen LogP contribution in [0.5, 0.6) is 0 Å². The molecule has 0 saturated heterocycles. The zero-order chi connectivity index (χ0) is 11.7. The quantitative estimate of drug-likeness (QED) is 0.809. The molecule has 2 aromatic rings. The lowest BCUT2D eigenvalue weighted by Gasteiger charge is -2.03. The molecular formula is C10H10N4O2. The number of hydrogen-bond acceptors (Lipinski definition) is 4. The fraction of sp³-hybridized carbons (Fsp3) is 0.200. The van der Waals surface area contributed by atoms with Crippen molar-refractivity contribution in [3.63, 3.8) is 0 Å². The summed E-state index contributed by atoms with van der Waals surface area (Å²) in [7, 11) is 1.81. The van der Waals surface area contributed by atoms with Crippen molar-refractivity contribution < 1.29 is 9.90 Å². The molecule has 16 heavy (non-hydrogen) atoms. The molecule has 2 aromatic heterocycles. The highest BCUT2D eigenvalue weighted by Crippen LogP contribution is 2.14. The Hall–Kier alpha value is -2.24. The first-order valence-corrected chi connectivity index (χ1v) is 4.64. The summed E-state index contributed by atoms with van der Waals surface area (Å²) in [6.07, 6.45) is 4.90. The molecule has 0 bridgehead atoms. The third kappa shape index (κ3) is 1.65. The summed E-state index contributed by atoms with van der Waals surface area (Å²) >= 11 is 0. The lowest BCUT2D eigenvalue weighted by molar-refractivity contribution is 0.0689. The van der Waals surface area contributed by atoms with Crippen LogP contribution in [-0.4, -0.2) is 30.6 Å². The van der Waals surface area contributed by atoms with E-state index in [0.717, 1.165) is 0 Å². The lowest BCUT2D eigenvalue weighted by atomic mass is 10.3. The topological polar surface area (TPSA) is 80.9 Å². The van der Waals surface area contributed by atoms with Crippen LogP contribution in [-0.2, 0) is 7.05 Å². The average molecular weight is 218 g/mol. The van der Waals surface area contributed by atoms with Crippen molar-refractivity contribution in [1.82, 2.24) is 19.5 Å². The smallest absolute Gasteiger partial charge is 0.356 e. The van der Waals surface area contributed by atoms with Gasteiger partial charge in [0.2, 0.25) is 0 Å². The van der Waals surface area contributed by atoms with E-state index < -0.39 is 5.97 Å². The molecule has 0 aliphatic heterocycles. The third-order valence-corrected chi connectivity index (χ3v) is 2.21. The van der Waals surface area contributed by atoms with Gasteiger partial charge in [0.15, 0.2) is 11.5 Å². The molecule has 0 aliphatic rings. The minimum atomic E-state index is -1.08. The van der Waals surface area contributed by atoms with Crippen molar-refractivity contribution in [2.45, 2.75) is 6.92 Å². The van der Waals surface area contributed by atoms with Gasteiger partial charge < -0.3 is 9.67 Å². The van der Waals surface area contributed by atoms with Crippen molar-refractivity contribution in [2.24, 2.45) is 7.05 Å². The van der Waals surface area contributed by atoms with Gasteiger partial charge in [-0.2, -0.15) is 0 Å². The summed E-state index contributed by atoms with van der Waals surface area (Å²) in [6.45, 7) is 1.61. The highest BCUT2D eigenvalue weighted by molar-refractivity contribution is 5.86. The van der Waals surface area contributed by atoms with Gasteiger partial charge in [0.05, 0.1) is 11.9 Å². The summed E-state index contributed by atoms with van der Waals surface area (Å²) in [5, 5.41) is 8.93. The Balaban J connectivity index is 2.56. The fourth-order valence-electron chi connectivity index (χ4n) is 1.37. The van der Waals surface area contributed by atoms with E-state index in [0.29, 0.717) is 17.2 Å². The van der Waals surface area contributed by atoms with E-state index >= 15 is 0 Å². The SMILES string of the molecule is Cc1ncc(-c2nccn2C)nc1C(=O)O. The minimum Gasteiger partial charge on any atom is -0.476 e. The first-order valence-electron chi connectivity index (χ1n) is 4.64. The zero-order valence-electron chi connectivity index (χ0n) is 8.88. The van der Waals surface area contributed by atoms with Crippen molar-refractivity contribution in [3.8, 4) is 11.5 Å². The monoisotopic (exact) mass is 218 g/mol. The molecule has 0 spiro atoms. The standard InChI is InChI=1S/C10H10N4O2/c1-6-8(10(15)16)13-7(5-12-6)9-11-3-4-14(9)2/h3-5H,1-2H3,(H,15,16). The highest BCUT2D eigenvalue weighted by atomic mass is 16.4. The van der Waals surface area contributed by atoms with Gasteiger partial charge in [-0.25, -0.2) is 14.8 Å². The van der Waals surface area contributed by atoms with Gasteiger partial charge in [-0.1, -0.05) is 0 Å². The molecular weight excluding hydrogens is 208 g/mol. The van der Waals surface area contributed by atoms with E-state index in [4.69, 9.17) is 5.11 Å². The molecule has 2 heterocycles. The van der Waals surface area contributed by atoms with Crippen LogP contribution in [0.3, 0.4) is 0 Å². The average Bonchev–Trinajstić information content (AvgIpc) is 2.65. The van der Waals surface area contributed by atoms with Gasteiger partial charge in [-0.3, -0.25) is 4.98 Å². The van der Waals surface area contributed by atoms with Crippen molar-refractivity contribution >= 4 is 5.97 Å². The molecule has 1 N–H and O–H groups in total. The fourth-order valence-corrected chi connectivity index (χ4v) is 1.37. The van der Waals surface area contributed by atoms with Crippen molar-refractivity contribution in [2.75, 3.05) is 0 Å². The highest BCUT2D eigenvalue weighted by Gasteiger charge is 2.13. The summed E-state index contributed by atoms with van der Waals surface area (Å²) in [6, 6.07) is 0. The van der Waals surface area contributed by atoms with Gasteiger partial charge in [0, 0.05) is 19.4 Å². The van der Waals surface area contributed by atoms with E-state index in [9.17, 15) is 4.79 Å². The number of aromatic carboxylic acids is 1. The van der Waals surface area contributed by atoms with Gasteiger partial charge in [0.25, 0.3) is 0 Å². The molecule has 0 aliphatic carbocycles. The first kappa shape index (κ1) is 10.3. The Morgan fingerprint density at radius 3 is 2.75 bits per heavy atom. The second-order valence-electron chi connectivity index (χ2n) is 3.36. The molecule has 6 nitrogen and oxygen atoms in total. The number of hydrogen-bond donors (Lipinski definition) is 1. The number of imidazole rings is 1. The Labute approximate surface area is 91.6 Å². The Kier molecular flexibility index (Phi) is 2.40. The van der Waals surface area contributed by atoms with Crippen LogP contribution < -0.4 is 0 Å². The van der Waals surface area contributed by atoms with Crippen LogP contribution in [0.1, 0.15) is 16.2 Å². The molecule has 0 fully saturated rings. The maximum atomic E-state index is 10.9. The van der Waals surface area contributed by atoms with Gasteiger partial charge in [0.1, 0.15) is 5.69 Å². The number of carbonyl (C=O) groups is 1. The van der Waals surface area contributed by atoms with E-state index in [1.54, 1.807) is 23.9 Å². The molecule has 0 saturated carbocycles. The molecule has 0 amide bonds. The number of aromatic nitrogens is 4. The molecule has 82 valence electrons. The van der Waals surface area contributed by atoms with Crippen LogP contribution in [0.4, 0.5) is 0 Å². The number of carboxylic acids is 1. The zero-order valence-corrected chi connectivity index (χ0v) is 8.88. The number of nitrogens with zero attached hydrogens (tertiary/aromatic N) is 4. The molecule has 0 radical (unpaired) electrons. The Morgan fingerprint density at radius 1 is 1.44 bits per heavy atom. The predicted octanol–water partition coefficient (Wildman–Crippen LogP) is 0.884. The maximum absolute atomic E-state index is 10.9. The normalized spacial score (nSPS) is 10.4. The second kappa shape index (κ2) is 3.73. The molecule has 6 heteroatoms.